The van der Waals surface area contributed by atoms with E-state index >= 15 is 0 Å². The number of hydrogen-bond acceptors (Lipinski definition) is 5. The van der Waals surface area contributed by atoms with Crippen molar-refractivity contribution in [3.63, 3.8) is 0 Å². The summed E-state index contributed by atoms with van der Waals surface area (Å²) in [7, 11) is -3.81. The third kappa shape index (κ3) is 4.31. The average Bonchev–Trinajstić information content (AvgIpc) is 3.56. The first kappa shape index (κ1) is 22.1. The number of amides is 4. The van der Waals surface area contributed by atoms with E-state index in [0.717, 1.165) is 25.7 Å². The van der Waals surface area contributed by atoms with E-state index in [4.69, 9.17) is 0 Å². The normalized spacial score (nSPS) is 34.2. The molecule has 3 atom stereocenters. The van der Waals surface area contributed by atoms with Crippen LogP contribution in [0.25, 0.3) is 0 Å². The van der Waals surface area contributed by atoms with Gasteiger partial charge in [-0.2, -0.15) is 0 Å². The number of hydrogen-bond donors (Lipinski definition) is 3. The summed E-state index contributed by atoms with van der Waals surface area (Å²) in [6, 6.07) is -0.918. The molecule has 1 unspecified atom stereocenters. The van der Waals surface area contributed by atoms with Gasteiger partial charge in [-0.15, -0.1) is 0 Å². The maximum Gasteiger partial charge on any atom is 0.318 e. The molecule has 0 aromatic carbocycles. The van der Waals surface area contributed by atoms with Crippen LogP contribution in [0.15, 0.2) is 12.2 Å². The Labute approximate surface area is 183 Å². The van der Waals surface area contributed by atoms with Gasteiger partial charge in [0.1, 0.15) is 11.6 Å². The first-order valence-electron chi connectivity index (χ1n) is 11.3. The predicted molar refractivity (Wildman–Crippen MR) is 114 cm³/mol. The third-order valence-corrected chi connectivity index (χ3v) is 9.26. The minimum absolute atomic E-state index is 0.257. The Bertz CT molecular complexity index is 897. The van der Waals surface area contributed by atoms with Gasteiger partial charge in [-0.25, -0.2) is 13.2 Å². The molecular formula is C21H32N4O5S. The fourth-order valence-corrected chi connectivity index (χ4v) is 5.78. The van der Waals surface area contributed by atoms with E-state index in [1.54, 1.807) is 6.92 Å². The largest absolute Gasteiger partial charge is 0.339 e. The van der Waals surface area contributed by atoms with Crippen LogP contribution >= 0.6 is 0 Å². The second-order valence-corrected chi connectivity index (χ2v) is 11.7. The van der Waals surface area contributed by atoms with Crippen molar-refractivity contribution in [3.8, 4) is 0 Å². The van der Waals surface area contributed by atoms with Gasteiger partial charge in [-0.1, -0.05) is 18.6 Å². The van der Waals surface area contributed by atoms with Gasteiger partial charge in [0, 0.05) is 19.0 Å². The predicted octanol–water partition coefficient (Wildman–Crippen LogP) is 1.16. The molecule has 0 bridgehead atoms. The first-order chi connectivity index (χ1) is 14.7. The molecule has 31 heavy (non-hydrogen) atoms. The van der Waals surface area contributed by atoms with E-state index in [2.05, 4.69) is 15.4 Å². The minimum Gasteiger partial charge on any atom is -0.339 e. The molecule has 4 aliphatic rings. The average molecular weight is 453 g/mol. The Kier molecular flexibility index (Phi) is 5.78. The van der Waals surface area contributed by atoms with Crippen LogP contribution in [0.2, 0.25) is 0 Å². The molecule has 2 aliphatic heterocycles. The Balaban J connectivity index is 1.55. The summed E-state index contributed by atoms with van der Waals surface area (Å²) in [4.78, 5) is 40.3. The molecule has 172 valence electrons. The highest BCUT2D eigenvalue weighted by Crippen LogP contribution is 2.47. The van der Waals surface area contributed by atoms with Crippen LogP contribution in [0.4, 0.5) is 4.79 Å². The molecule has 9 nitrogen and oxygen atoms in total. The fraction of sp³-hybridized carbons (Fsp3) is 0.762. The molecule has 0 aromatic heterocycles. The van der Waals surface area contributed by atoms with E-state index in [-0.39, 0.29) is 11.9 Å². The van der Waals surface area contributed by atoms with Crippen molar-refractivity contribution in [3.05, 3.63) is 12.2 Å². The molecule has 2 aliphatic carbocycles. The Morgan fingerprint density at radius 1 is 1.19 bits per heavy atom. The highest BCUT2D eigenvalue weighted by molar-refractivity contribution is 7.91. The van der Waals surface area contributed by atoms with Gasteiger partial charge in [-0.3, -0.25) is 14.3 Å². The smallest absolute Gasteiger partial charge is 0.318 e. The van der Waals surface area contributed by atoms with E-state index in [1.165, 1.54) is 4.90 Å². The van der Waals surface area contributed by atoms with Gasteiger partial charge in [0.15, 0.2) is 0 Å². The van der Waals surface area contributed by atoms with Gasteiger partial charge in [-0.05, 0) is 58.3 Å². The van der Waals surface area contributed by atoms with Crippen molar-refractivity contribution in [2.45, 2.75) is 81.0 Å². The number of allylic oxidation sites excluding steroid dienone is 1. The maximum absolute atomic E-state index is 13.1. The molecule has 0 radical (unpaired) electrons. The van der Waals surface area contributed by atoms with Crippen LogP contribution in [-0.2, 0) is 19.6 Å². The van der Waals surface area contributed by atoms with Crippen molar-refractivity contribution in [1.29, 1.82) is 0 Å². The number of sulfonamides is 1. The van der Waals surface area contributed by atoms with Gasteiger partial charge >= 0.3 is 6.03 Å². The lowest BCUT2D eigenvalue weighted by atomic mass is 10.1. The van der Waals surface area contributed by atoms with E-state index in [9.17, 15) is 22.8 Å². The van der Waals surface area contributed by atoms with Crippen molar-refractivity contribution >= 4 is 27.9 Å². The standard InChI is InChI=1S/C21H32N4O5S/c1-20(10-11-20)31(29,30)24-18(27)21-14-15(21)8-5-3-2-4-6-12-22-19(28)25-13-7-9-16(25)17(26)23-21/h5,8,15-16H,2-4,6-7,9-14H2,1H3,(H,22,28)(H,23,26)(H,24,27)/b8-5-/t15?,16-,21+/m0/s1. The summed E-state index contributed by atoms with van der Waals surface area (Å²) in [5.74, 6) is -1.34. The van der Waals surface area contributed by atoms with Crippen molar-refractivity contribution in [2.75, 3.05) is 13.1 Å². The van der Waals surface area contributed by atoms with E-state index in [1.807, 2.05) is 12.2 Å². The van der Waals surface area contributed by atoms with E-state index in [0.29, 0.717) is 45.2 Å². The maximum atomic E-state index is 13.1. The lowest BCUT2D eigenvalue weighted by Crippen LogP contribution is -2.57. The highest BCUT2D eigenvalue weighted by atomic mass is 32.2. The summed E-state index contributed by atoms with van der Waals surface area (Å²) in [5, 5.41) is 5.72. The van der Waals surface area contributed by atoms with Gasteiger partial charge in [0.05, 0.1) is 4.75 Å². The zero-order valence-electron chi connectivity index (χ0n) is 18.0. The summed E-state index contributed by atoms with van der Waals surface area (Å²) in [6.07, 6.45) is 10.2. The van der Waals surface area contributed by atoms with Crippen LogP contribution in [-0.4, -0.2) is 60.6 Å². The molecular weight excluding hydrogens is 420 g/mol. The molecule has 4 rings (SSSR count). The second kappa shape index (κ2) is 8.11. The van der Waals surface area contributed by atoms with Crippen molar-refractivity contribution < 1.29 is 22.8 Å². The molecule has 3 fully saturated rings. The second-order valence-electron chi connectivity index (χ2n) is 9.52. The van der Waals surface area contributed by atoms with Crippen LogP contribution in [0.1, 0.15) is 64.7 Å². The number of nitrogens with one attached hydrogen (secondary N) is 3. The minimum atomic E-state index is -3.81. The lowest BCUT2D eigenvalue weighted by Gasteiger charge is -2.27. The fourth-order valence-electron chi connectivity index (χ4n) is 4.47. The summed E-state index contributed by atoms with van der Waals surface area (Å²) < 4.78 is 26.5. The summed E-state index contributed by atoms with van der Waals surface area (Å²) in [6.45, 7) is 2.67. The van der Waals surface area contributed by atoms with Gasteiger partial charge in [0.2, 0.25) is 15.9 Å². The molecule has 2 saturated carbocycles. The molecule has 2 heterocycles. The molecule has 0 aromatic rings. The highest BCUT2D eigenvalue weighted by Gasteiger charge is 2.62. The van der Waals surface area contributed by atoms with E-state index < -0.39 is 38.2 Å². The number of urea groups is 1. The molecule has 1 saturated heterocycles. The number of fused-ring (bicyclic) bond motifs is 2. The number of carbonyl (C=O) groups is 3. The number of nitrogens with zero attached hydrogens (tertiary/aromatic N) is 1. The van der Waals surface area contributed by atoms with Crippen LogP contribution in [0.3, 0.4) is 0 Å². The summed E-state index contributed by atoms with van der Waals surface area (Å²) in [5.41, 5.74) is -1.28. The third-order valence-electron chi connectivity index (χ3n) is 7.10. The molecule has 10 heteroatoms. The SMILES string of the molecule is CC1(S(=O)(=O)NC(=O)[C@@]23CC2/C=C\CCCCCNC(=O)N2CCC[C@H]2C(=O)N3)CC1. The molecule has 0 spiro atoms. The van der Waals surface area contributed by atoms with Crippen LogP contribution in [0.5, 0.6) is 0 Å². The first-order valence-corrected chi connectivity index (χ1v) is 12.8. The zero-order chi connectivity index (χ0) is 22.3. The Morgan fingerprint density at radius 2 is 1.97 bits per heavy atom. The Morgan fingerprint density at radius 3 is 2.71 bits per heavy atom. The van der Waals surface area contributed by atoms with Gasteiger partial charge in [0.25, 0.3) is 5.91 Å². The van der Waals surface area contributed by atoms with Crippen LogP contribution < -0.4 is 15.4 Å². The van der Waals surface area contributed by atoms with Gasteiger partial charge < -0.3 is 15.5 Å². The Hall–Kier alpha value is -2.10. The topological polar surface area (TPSA) is 125 Å². The lowest BCUT2D eigenvalue weighted by molar-refractivity contribution is -0.131. The zero-order valence-corrected chi connectivity index (χ0v) is 18.8. The number of rotatable bonds is 3. The van der Waals surface area contributed by atoms with Crippen molar-refractivity contribution in [2.24, 2.45) is 5.92 Å². The van der Waals surface area contributed by atoms with Crippen LogP contribution in [0, 0.1) is 5.92 Å². The summed E-state index contributed by atoms with van der Waals surface area (Å²) >= 11 is 0. The molecule has 4 amide bonds. The quantitative estimate of drug-likeness (QED) is 0.554. The molecule has 3 N–H and O–H groups in total. The van der Waals surface area contributed by atoms with Crippen molar-refractivity contribution in [1.82, 2.24) is 20.3 Å². The monoisotopic (exact) mass is 452 g/mol. The number of carbonyl (C=O) groups excluding carboxylic acids is 3.